The summed E-state index contributed by atoms with van der Waals surface area (Å²) in [5.74, 6) is -0.386. The van der Waals surface area contributed by atoms with Gasteiger partial charge in [0.2, 0.25) is 5.82 Å². The van der Waals surface area contributed by atoms with Crippen LogP contribution in [0.2, 0.25) is 0 Å². The molecule has 4 rings (SSSR count). The molecule has 2 aromatic heterocycles. The van der Waals surface area contributed by atoms with Crippen LogP contribution in [0.4, 0.5) is 4.39 Å². The first kappa shape index (κ1) is 19.3. The minimum Gasteiger partial charge on any atom is -0.345 e. The molecule has 2 heterocycles. The van der Waals surface area contributed by atoms with Crippen molar-refractivity contribution in [3.05, 3.63) is 47.9 Å². The van der Waals surface area contributed by atoms with E-state index >= 15 is 0 Å². The van der Waals surface area contributed by atoms with Gasteiger partial charge in [0, 0.05) is 12.2 Å². The van der Waals surface area contributed by atoms with Gasteiger partial charge in [0.05, 0.1) is 16.9 Å². The molecule has 0 unspecified atom stereocenters. The van der Waals surface area contributed by atoms with Crippen molar-refractivity contribution >= 4 is 5.91 Å². The Morgan fingerprint density at radius 2 is 1.83 bits per heavy atom. The first-order valence-electron chi connectivity index (χ1n) is 10.1. The maximum Gasteiger partial charge on any atom is 0.316 e. The lowest BCUT2D eigenvalue weighted by atomic mass is 9.97. The van der Waals surface area contributed by atoms with E-state index in [0.717, 1.165) is 25.7 Å². The zero-order valence-corrected chi connectivity index (χ0v) is 16.4. The average molecular weight is 397 g/mol. The fraction of sp³-hybridized carbons (Fsp3) is 0.429. The van der Waals surface area contributed by atoms with E-state index < -0.39 is 0 Å². The third kappa shape index (κ3) is 4.52. The summed E-state index contributed by atoms with van der Waals surface area (Å²) in [6.07, 6.45) is 9.67. The Morgan fingerprint density at radius 3 is 2.55 bits per heavy atom. The molecular formula is C21H24FN5O2. The number of carbonyl (C=O) groups is 1. The predicted octanol–water partition coefficient (Wildman–Crippen LogP) is 4.21. The molecule has 0 radical (unpaired) electrons. The largest absolute Gasteiger partial charge is 0.345 e. The number of carbonyl (C=O) groups excluding carboxylic acids is 1. The van der Waals surface area contributed by atoms with Crippen LogP contribution in [0, 0.1) is 12.7 Å². The summed E-state index contributed by atoms with van der Waals surface area (Å²) >= 11 is 0. The van der Waals surface area contributed by atoms with Crippen LogP contribution in [0.25, 0.3) is 17.1 Å². The van der Waals surface area contributed by atoms with Crippen LogP contribution in [-0.4, -0.2) is 31.9 Å². The van der Waals surface area contributed by atoms with E-state index in [0.29, 0.717) is 22.8 Å². The molecule has 7 nitrogen and oxygen atoms in total. The summed E-state index contributed by atoms with van der Waals surface area (Å²) in [5, 5.41) is 11.4. The van der Waals surface area contributed by atoms with Gasteiger partial charge >= 0.3 is 11.8 Å². The van der Waals surface area contributed by atoms with Gasteiger partial charge < -0.3 is 9.84 Å². The lowest BCUT2D eigenvalue weighted by Gasteiger charge is -2.19. The maximum atomic E-state index is 13.1. The van der Waals surface area contributed by atoms with Crippen LogP contribution in [0.1, 0.15) is 61.3 Å². The fourth-order valence-electron chi connectivity index (χ4n) is 3.68. The lowest BCUT2D eigenvalue weighted by molar-refractivity contribution is 0.0886. The summed E-state index contributed by atoms with van der Waals surface area (Å²) in [6, 6.07) is 6.17. The standard InChI is InChI=1S/C21H24FN5O2/c1-14-18(13-27(25-14)17-11-9-15(22)10-12-17)19-24-21(29-26-19)20(28)23-16-7-5-3-2-4-6-8-16/h9-13,16H,2-8H2,1H3,(H,23,28). The van der Waals surface area contributed by atoms with Crippen molar-refractivity contribution in [2.75, 3.05) is 0 Å². The SMILES string of the molecule is Cc1nn(-c2ccc(F)cc2)cc1-c1noc(C(=O)NC2CCCCCCC2)n1. The highest BCUT2D eigenvalue weighted by molar-refractivity contribution is 5.90. The maximum absolute atomic E-state index is 13.1. The third-order valence-electron chi connectivity index (χ3n) is 5.29. The number of rotatable bonds is 4. The number of amides is 1. The average Bonchev–Trinajstić information content (AvgIpc) is 3.31. The van der Waals surface area contributed by atoms with Crippen molar-refractivity contribution in [1.29, 1.82) is 0 Å². The van der Waals surface area contributed by atoms with Crippen molar-refractivity contribution in [3.8, 4) is 17.1 Å². The van der Waals surface area contributed by atoms with E-state index in [1.54, 1.807) is 23.0 Å². The molecule has 1 amide bonds. The Hall–Kier alpha value is -3.03. The first-order chi connectivity index (χ1) is 14.1. The second-order valence-corrected chi connectivity index (χ2v) is 7.49. The Kier molecular flexibility index (Phi) is 5.69. The van der Waals surface area contributed by atoms with Crippen LogP contribution in [-0.2, 0) is 0 Å². The number of nitrogens with one attached hydrogen (secondary N) is 1. The molecule has 3 aromatic rings. The molecule has 1 fully saturated rings. The number of halogens is 1. The number of nitrogens with zero attached hydrogens (tertiary/aromatic N) is 4. The summed E-state index contributed by atoms with van der Waals surface area (Å²) in [5.41, 5.74) is 2.05. The molecule has 8 heteroatoms. The zero-order valence-electron chi connectivity index (χ0n) is 16.4. The van der Waals surface area contributed by atoms with Gasteiger partial charge in [0.15, 0.2) is 0 Å². The Morgan fingerprint density at radius 1 is 1.14 bits per heavy atom. The highest BCUT2D eigenvalue weighted by Crippen LogP contribution is 2.22. The molecule has 1 aliphatic rings. The van der Waals surface area contributed by atoms with E-state index in [9.17, 15) is 9.18 Å². The van der Waals surface area contributed by atoms with E-state index in [4.69, 9.17) is 4.52 Å². The summed E-state index contributed by atoms with van der Waals surface area (Å²) in [7, 11) is 0. The van der Waals surface area contributed by atoms with Crippen LogP contribution in [0.3, 0.4) is 0 Å². The molecular weight excluding hydrogens is 373 g/mol. The second-order valence-electron chi connectivity index (χ2n) is 7.49. The van der Waals surface area contributed by atoms with Crippen molar-refractivity contribution in [1.82, 2.24) is 25.2 Å². The van der Waals surface area contributed by atoms with Gasteiger partial charge in [-0.05, 0) is 44.0 Å². The molecule has 152 valence electrons. The van der Waals surface area contributed by atoms with Crippen LogP contribution in [0.5, 0.6) is 0 Å². The molecule has 0 atom stereocenters. The molecule has 0 spiro atoms. The first-order valence-corrected chi connectivity index (χ1v) is 10.1. The van der Waals surface area contributed by atoms with Gasteiger partial charge in [0.1, 0.15) is 5.82 Å². The van der Waals surface area contributed by atoms with Crippen LogP contribution < -0.4 is 5.32 Å². The minimum absolute atomic E-state index is 0.0454. The predicted molar refractivity (Wildman–Crippen MR) is 105 cm³/mol. The molecule has 29 heavy (non-hydrogen) atoms. The fourth-order valence-corrected chi connectivity index (χ4v) is 3.68. The highest BCUT2D eigenvalue weighted by atomic mass is 19.1. The van der Waals surface area contributed by atoms with E-state index in [1.807, 2.05) is 6.92 Å². The van der Waals surface area contributed by atoms with Gasteiger partial charge in [-0.1, -0.05) is 37.3 Å². The Bertz CT molecular complexity index is 971. The summed E-state index contributed by atoms with van der Waals surface area (Å²) in [6.45, 7) is 1.82. The van der Waals surface area contributed by atoms with Gasteiger partial charge in [0.25, 0.3) is 0 Å². The number of aryl methyl sites for hydroxylation is 1. The van der Waals surface area contributed by atoms with Gasteiger partial charge in [-0.15, -0.1) is 0 Å². The van der Waals surface area contributed by atoms with Crippen LogP contribution >= 0.6 is 0 Å². The number of aromatic nitrogens is 4. The van der Waals surface area contributed by atoms with E-state index in [1.165, 1.54) is 31.4 Å². The normalized spacial score (nSPS) is 15.7. The Labute approximate surface area is 168 Å². The topological polar surface area (TPSA) is 85.8 Å². The second kappa shape index (κ2) is 8.55. The van der Waals surface area contributed by atoms with E-state index in [-0.39, 0.29) is 23.7 Å². The smallest absolute Gasteiger partial charge is 0.316 e. The van der Waals surface area contributed by atoms with Crippen molar-refractivity contribution in [2.45, 2.75) is 57.9 Å². The van der Waals surface area contributed by atoms with Crippen molar-refractivity contribution in [2.24, 2.45) is 0 Å². The molecule has 1 N–H and O–H groups in total. The number of hydrogen-bond donors (Lipinski definition) is 1. The molecule has 1 saturated carbocycles. The quantitative estimate of drug-likeness (QED) is 0.713. The van der Waals surface area contributed by atoms with Crippen molar-refractivity contribution < 1.29 is 13.7 Å². The van der Waals surface area contributed by atoms with Gasteiger partial charge in [-0.25, -0.2) is 9.07 Å². The molecule has 1 aromatic carbocycles. The van der Waals surface area contributed by atoms with Gasteiger partial charge in [-0.2, -0.15) is 10.1 Å². The van der Waals surface area contributed by atoms with Crippen molar-refractivity contribution in [3.63, 3.8) is 0 Å². The number of benzene rings is 1. The Balaban J connectivity index is 1.48. The summed E-state index contributed by atoms with van der Waals surface area (Å²) in [4.78, 5) is 16.8. The molecule has 1 aliphatic carbocycles. The lowest BCUT2D eigenvalue weighted by Crippen LogP contribution is -2.35. The number of hydrogen-bond acceptors (Lipinski definition) is 5. The molecule has 0 aliphatic heterocycles. The zero-order chi connectivity index (χ0) is 20.2. The monoisotopic (exact) mass is 397 g/mol. The minimum atomic E-state index is -0.335. The molecule has 0 bridgehead atoms. The molecule has 0 saturated heterocycles. The van der Waals surface area contributed by atoms with E-state index in [2.05, 4.69) is 20.6 Å². The van der Waals surface area contributed by atoms with Crippen LogP contribution in [0.15, 0.2) is 35.0 Å². The highest BCUT2D eigenvalue weighted by Gasteiger charge is 2.22. The third-order valence-corrected chi connectivity index (χ3v) is 5.29. The van der Waals surface area contributed by atoms with Gasteiger partial charge in [-0.3, -0.25) is 4.79 Å². The summed E-state index contributed by atoms with van der Waals surface area (Å²) < 4.78 is 20.0.